The number of nitrogens with one attached hydrogen (secondary N) is 1. The summed E-state index contributed by atoms with van der Waals surface area (Å²) in [6.07, 6.45) is 4.13. The first-order valence-corrected chi connectivity index (χ1v) is 6.45. The molecule has 0 spiro atoms. The van der Waals surface area contributed by atoms with Gasteiger partial charge in [-0.15, -0.1) is 6.58 Å². The molecule has 0 radical (unpaired) electrons. The molecule has 2 heteroatoms. The van der Waals surface area contributed by atoms with Crippen LogP contribution in [0.15, 0.2) is 36.9 Å². The highest BCUT2D eigenvalue weighted by Gasteiger charge is 2.08. The van der Waals surface area contributed by atoms with Crippen LogP contribution in [0.1, 0.15) is 31.4 Å². The molecule has 0 fully saturated rings. The molecule has 0 saturated carbocycles. The zero-order chi connectivity index (χ0) is 11.1. The molecule has 0 bridgehead atoms. The lowest BCUT2D eigenvalue weighted by atomic mass is 10.0. The Morgan fingerprint density at radius 3 is 2.93 bits per heavy atom. The Morgan fingerprint density at radius 1 is 1.53 bits per heavy atom. The van der Waals surface area contributed by atoms with Crippen molar-refractivity contribution in [1.82, 2.24) is 5.32 Å². The number of benzene rings is 1. The predicted molar refractivity (Wildman–Crippen MR) is 75.0 cm³/mol. The molecule has 0 heterocycles. The first-order valence-electron chi connectivity index (χ1n) is 5.37. The molecule has 1 N–H and O–H groups in total. The molecule has 1 rings (SSSR count). The topological polar surface area (TPSA) is 12.0 Å². The van der Waals surface area contributed by atoms with Crippen LogP contribution in [0.4, 0.5) is 0 Å². The summed E-state index contributed by atoms with van der Waals surface area (Å²) in [5, 5.41) is 3.54. The average Bonchev–Trinajstić information content (AvgIpc) is 2.24. The molecule has 0 aromatic heterocycles. The molecule has 0 amide bonds. The van der Waals surface area contributed by atoms with Gasteiger partial charge in [-0.3, -0.25) is 0 Å². The summed E-state index contributed by atoms with van der Waals surface area (Å²) in [4.78, 5) is 0. The smallest absolute Gasteiger partial charge is 0.0355 e. The largest absolute Gasteiger partial charge is 0.310 e. The summed E-state index contributed by atoms with van der Waals surface area (Å²) in [6, 6.07) is 9.06. The third-order valence-corrected chi connectivity index (χ3v) is 2.97. The van der Waals surface area contributed by atoms with Crippen LogP contribution in [0.5, 0.6) is 0 Å². The molecule has 0 aliphatic carbocycles. The van der Waals surface area contributed by atoms with Crippen molar-refractivity contribution in [3.05, 3.63) is 46.1 Å². The first kappa shape index (κ1) is 12.7. The van der Waals surface area contributed by atoms with Gasteiger partial charge < -0.3 is 5.32 Å². The summed E-state index contributed by atoms with van der Waals surface area (Å²) < 4.78 is 1.29. The van der Waals surface area contributed by atoms with Crippen LogP contribution in [-0.2, 0) is 0 Å². The van der Waals surface area contributed by atoms with Crippen molar-refractivity contribution in [2.24, 2.45) is 0 Å². The summed E-state index contributed by atoms with van der Waals surface area (Å²) in [7, 11) is 0. The van der Waals surface area contributed by atoms with E-state index in [1.807, 2.05) is 6.08 Å². The standard InChI is InChI=1S/C13H18IN/c1-3-6-13(15-9-4-2)11-7-5-8-12(14)10-11/h3,5,7-8,10,13,15H,1,4,6,9H2,2H3. The number of rotatable bonds is 6. The first-order chi connectivity index (χ1) is 7.27. The van der Waals surface area contributed by atoms with Crippen molar-refractivity contribution in [2.75, 3.05) is 6.54 Å². The molecule has 0 aliphatic rings. The van der Waals surface area contributed by atoms with E-state index in [0.29, 0.717) is 6.04 Å². The Kier molecular flexibility index (Phi) is 5.95. The van der Waals surface area contributed by atoms with Crippen molar-refractivity contribution in [1.29, 1.82) is 0 Å². The molecule has 1 nitrogen and oxygen atoms in total. The van der Waals surface area contributed by atoms with E-state index in [9.17, 15) is 0 Å². The lowest BCUT2D eigenvalue weighted by Gasteiger charge is -2.17. The van der Waals surface area contributed by atoms with Gasteiger partial charge in [0.1, 0.15) is 0 Å². The van der Waals surface area contributed by atoms with Gasteiger partial charge in [-0.2, -0.15) is 0 Å². The predicted octanol–water partition coefficient (Wildman–Crippen LogP) is 3.91. The fourth-order valence-corrected chi connectivity index (χ4v) is 2.11. The Bertz CT molecular complexity index is 309. The monoisotopic (exact) mass is 315 g/mol. The maximum absolute atomic E-state index is 3.81. The van der Waals surface area contributed by atoms with Crippen LogP contribution in [0, 0.1) is 3.57 Å². The second-order valence-corrected chi connectivity index (χ2v) is 4.83. The van der Waals surface area contributed by atoms with Crippen molar-refractivity contribution in [2.45, 2.75) is 25.8 Å². The van der Waals surface area contributed by atoms with E-state index in [4.69, 9.17) is 0 Å². The van der Waals surface area contributed by atoms with E-state index in [-0.39, 0.29) is 0 Å². The molecule has 1 aromatic carbocycles. The highest BCUT2D eigenvalue weighted by atomic mass is 127. The molecule has 1 unspecified atom stereocenters. The molecule has 1 atom stereocenters. The number of hydrogen-bond acceptors (Lipinski definition) is 1. The van der Waals surface area contributed by atoms with Gasteiger partial charge in [0.2, 0.25) is 0 Å². The minimum atomic E-state index is 0.414. The lowest BCUT2D eigenvalue weighted by molar-refractivity contribution is 0.537. The van der Waals surface area contributed by atoms with E-state index in [1.54, 1.807) is 0 Å². The molecule has 0 saturated heterocycles. The normalized spacial score (nSPS) is 12.4. The van der Waals surface area contributed by atoms with Crippen LogP contribution >= 0.6 is 22.6 Å². The fraction of sp³-hybridized carbons (Fsp3) is 0.385. The van der Waals surface area contributed by atoms with E-state index in [2.05, 4.69) is 65.7 Å². The zero-order valence-electron chi connectivity index (χ0n) is 9.17. The van der Waals surface area contributed by atoms with Crippen LogP contribution in [0.25, 0.3) is 0 Å². The second-order valence-electron chi connectivity index (χ2n) is 3.59. The third-order valence-electron chi connectivity index (χ3n) is 2.29. The molecule has 15 heavy (non-hydrogen) atoms. The van der Waals surface area contributed by atoms with E-state index < -0.39 is 0 Å². The van der Waals surface area contributed by atoms with Gasteiger partial charge in [0.15, 0.2) is 0 Å². The van der Waals surface area contributed by atoms with E-state index in [0.717, 1.165) is 19.4 Å². The SMILES string of the molecule is C=CCC(NCCC)c1cccc(I)c1. The minimum Gasteiger partial charge on any atom is -0.310 e. The Labute approximate surface area is 106 Å². The van der Waals surface area contributed by atoms with E-state index in [1.165, 1.54) is 9.13 Å². The third kappa shape index (κ3) is 4.34. The maximum atomic E-state index is 3.81. The highest BCUT2D eigenvalue weighted by Crippen LogP contribution is 2.19. The minimum absolute atomic E-state index is 0.414. The van der Waals surface area contributed by atoms with Crippen molar-refractivity contribution in [3.63, 3.8) is 0 Å². The quantitative estimate of drug-likeness (QED) is 0.620. The second kappa shape index (κ2) is 7.01. The molecular formula is C13H18IN. The number of halogens is 1. The van der Waals surface area contributed by atoms with Gasteiger partial charge >= 0.3 is 0 Å². The summed E-state index contributed by atoms with van der Waals surface area (Å²) >= 11 is 2.35. The van der Waals surface area contributed by atoms with Gasteiger partial charge in [-0.1, -0.05) is 25.1 Å². The van der Waals surface area contributed by atoms with E-state index >= 15 is 0 Å². The van der Waals surface area contributed by atoms with Gasteiger partial charge in [0, 0.05) is 9.61 Å². The van der Waals surface area contributed by atoms with Crippen LogP contribution in [-0.4, -0.2) is 6.54 Å². The maximum Gasteiger partial charge on any atom is 0.0355 e. The molecule has 0 aliphatic heterocycles. The fourth-order valence-electron chi connectivity index (χ4n) is 1.55. The Morgan fingerprint density at radius 2 is 2.33 bits per heavy atom. The summed E-state index contributed by atoms with van der Waals surface area (Å²) in [5.41, 5.74) is 1.36. The van der Waals surface area contributed by atoms with Crippen LogP contribution < -0.4 is 5.32 Å². The summed E-state index contributed by atoms with van der Waals surface area (Å²) in [5.74, 6) is 0. The van der Waals surface area contributed by atoms with Gasteiger partial charge in [-0.05, 0) is 59.7 Å². The molecular weight excluding hydrogens is 297 g/mol. The molecule has 82 valence electrons. The lowest BCUT2D eigenvalue weighted by Crippen LogP contribution is -2.21. The van der Waals surface area contributed by atoms with Gasteiger partial charge in [0.05, 0.1) is 0 Å². The number of hydrogen-bond donors (Lipinski definition) is 1. The van der Waals surface area contributed by atoms with Crippen LogP contribution in [0.2, 0.25) is 0 Å². The average molecular weight is 315 g/mol. The zero-order valence-corrected chi connectivity index (χ0v) is 11.3. The van der Waals surface area contributed by atoms with Crippen molar-refractivity contribution in [3.8, 4) is 0 Å². The highest BCUT2D eigenvalue weighted by molar-refractivity contribution is 14.1. The van der Waals surface area contributed by atoms with Crippen molar-refractivity contribution >= 4 is 22.6 Å². The van der Waals surface area contributed by atoms with Gasteiger partial charge in [-0.25, -0.2) is 0 Å². The summed E-state index contributed by atoms with van der Waals surface area (Å²) in [6.45, 7) is 7.06. The van der Waals surface area contributed by atoms with Crippen molar-refractivity contribution < 1.29 is 0 Å². The molecule has 1 aromatic rings. The van der Waals surface area contributed by atoms with Crippen LogP contribution in [0.3, 0.4) is 0 Å². The Hall–Kier alpha value is -0.350. The Balaban J connectivity index is 2.73. The van der Waals surface area contributed by atoms with Gasteiger partial charge in [0.25, 0.3) is 0 Å².